The van der Waals surface area contributed by atoms with E-state index in [2.05, 4.69) is 13.2 Å². The Balaban J connectivity index is 0.871. The molecule has 38 nitrogen and oxygen atoms in total. The van der Waals surface area contributed by atoms with Gasteiger partial charge in [0.2, 0.25) is 18.7 Å². The molecule has 5 unspecified atom stereocenters. The molecular formula is C97H120N4O34. The number of ketones is 2. The number of fused-ring (bicyclic) bond motifs is 4. The summed E-state index contributed by atoms with van der Waals surface area (Å²) in [4.78, 5) is 168. The number of anilines is 2. The molecule has 11 rings (SSSR count). The first-order chi connectivity index (χ1) is 64.3. The Hall–Kier alpha value is -12.3. The van der Waals surface area contributed by atoms with Gasteiger partial charge in [-0.05, 0) is 149 Å². The molecular weight excluding hydrogens is 1770 g/mol. The van der Waals surface area contributed by atoms with Crippen LogP contribution in [-0.2, 0) is 122 Å². The van der Waals surface area contributed by atoms with Gasteiger partial charge in [0.1, 0.15) is 67.7 Å². The number of esters is 6. The van der Waals surface area contributed by atoms with Gasteiger partial charge < -0.3 is 115 Å². The van der Waals surface area contributed by atoms with Gasteiger partial charge in [0.15, 0.2) is 53.8 Å². The largest absolute Gasteiger partial charge is 0.493 e. The lowest BCUT2D eigenvalue weighted by atomic mass is 9.91. The van der Waals surface area contributed by atoms with E-state index in [4.69, 9.17) is 94.7 Å². The van der Waals surface area contributed by atoms with Crippen LogP contribution in [0.4, 0.5) is 21.0 Å². The number of methoxy groups -OCH3 is 4. The zero-order valence-corrected chi connectivity index (χ0v) is 78.6. The third kappa shape index (κ3) is 26.3. The monoisotopic (exact) mass is 1880 g/mol. The van der Waals surface area contributed by atoms with Gasteiger partial charge in [-0.15, -0.1) is 0 Å². The van der Waals surface area contributed by atoms with E-state index < -0.39 is 170 Å². The van der Waals surface area contributed by atoms with Gasteiger partial charge >= 0.3 is 48.0 Å². The van der Waals surface area contributed by atoms with Gasteiger partial charge in [-0.1, -0.05) is 50.3 Å². The zero-order valence-electron chi connectivity index (χ0n) is 78.6. The van der Waals surface area contributed by atoms with E-state index in [0.717, 1.165) is 30.8 Å². The normalized spacial score (nSPS) is 22.4. The maximum Gasteiger partial charge on any atom is 0.416 e. The number of Topliss-reactive ketones (excluding diaryl/α,β-unsaturated/α-hetero) is 2. The Morgan fingerprint density at radius 2 is 0.948 bits per heavy atom. The predicted octanol–water partition coefficient (Wildman–Crippen LogP) is 10.8. The zero-order chi connectivity index (χ0) is 98.0. The Bertz CT molecular complexity index is 5200. The van der Waals surface area contributed by atoms with Crippen LogP contribution in [0.1, 0.15) is 190 Å². The molecule has 4 fully saturated rings. The SMILES string of the molecule is C=C1CC2C(O)N(C(=O)OCc3ccc(O[C@@H]4O[C@H](C)[C@@H](C)[C@H](OC(C)=O)[C@H]4OC(C)=O)c(C(=O)CCCOC)c3)c3cc(OCc4cc(COc5cc6c(cc5C)C(=O)N5CC(=C)C[C@H]5C(O)N6C(=O)OCc5ccc(OC6OC(C(=O)OC)[C@@H](OC(C)=O)[C@H](OC(C)=O)[C@H]6C)c(C(=O)CCCOC)c5)cc(OCCOCCOCCCC(=O)OC(C)(C)C)c4)c(OC)cc3C(=O)N2C1. The fourth-order valence-electron chi connectivity index (χ4n) is 16.6. The number of carbonyl (C=O) groups excluding carboxylic acids is 12. The summed E-state index contributed by atoms with van der Waals surface area (Å²) in [7, 11) is 5.39. The minimum Gasteiger partial charge on any atom is -0.493 e. The number of aliphatic hydroxyl groups excluding tert-OH is 2. The van der Waals surface area contributed by atoms with Crippen LogP contribution in [-0.4, -0.2) is 259 Å². The van der Waals surface area contributed by atoms with Crippen LogP contribution < -0.4 is 38.2 Å². The average molecular weight is 1890 g/mol. The van der Waals surface area contributed by atoms with E-state index >= 15 is 9.59 Å². The van der Waals surface area contributed by atoms with Gasteiger partial charge in [0.05, 0.1) is 91.8 Å². The Morgan fingerprint density at radius 3 is 1.45 bits per heavy atom. The molecule has 0 bridgehead atoms. The topological polar surface area (TPSA) is 443 Å². The van der Waals surface area contributed by atoms with Crippen LogP contribution in [0.15, 0.2) is 103 Å². The van der Waals surface area contributed by atoms with Crippen molar-refractivity contribution in [3.63, 3.8) is 0 Å². The Labute approximate surface area is 782 Å². The first-order valence-corrected chi connectivity index (χ1v) is 44.5. The number of hydrogen-bond donors (Lipinski definition) is 2. The lowest BCUT2D eigenvalue weighted by Gasteiger charge is -2.43. The highest BCUT2D eigenvalue weighted by atomic mass is 16.7. The standard InChI is InChI=1S/C97H120N4O34/c1-52-35-73-90(111)100(95(114)125-48-62-24-26-77(69(41-62)75(106)21-18-28-116-14)132-93-56(5)84(129-59(8)103)85(130-60(9)104)86(134-93)92(113)119-17)71-44-79(54(3)37-67(71)88(109)98(73)46-52)123-50-64-38-65(40-66(39-64)122-34-33-121-32-31-120-30-20-23-82(108)135-97(11,12)13)51-124-81-45-72-68(43-80(81)118-16)89(110)99-47-53(2)36-74(99)91(112)101(72)96(115)126-49-63-25-27-78(70(42-63)76(107)22-19-29-117-15)133-94-87(131-61(10)105)83(128-58(7)102)55(4)57(6)127-94/h24-27,37-45,55-57,73-74,83-87,90-91,93-94,111-112H,1-2,18-23,28-36,46-51H2,3-17H3/t55-,56-,57-,73+,74?,83+,84-,85+,86?,87-,90?,91?,93?,94+/m1/s1. The average Bonchev–Trinajstić information content (AvgIpc) is 1.74. The smallest absolute Gasteiger partial charge is 0.416 e. The number of rotatable bonds is 41. The predicted molar refractivity (Wildman–Crippen MR) is 477 cm³/mol. The van der Waals surface area contributed by atoms with Gasteiger partial charge in [0, 0.05) is 112 Å². The molecule has 135 heavy (non-hydrogen) atoms. The molecule has 732 valence electrons. The molecule has 5 aromatic carbocycles. The lowest BCUT2D eigenvalue weighted by molar-refractivity contribution is -0.263. The molecule has 0 radical (unpaired) electrons. The van der Waals surface area contributed by atoms with Crippen LogP contribution in [0.2, 0.25) is 0 Å². The highest BCUT2D eigenvalue weighted by Gasteiger charge is 2.54. The molecule has 6 heterocycles. The third-order valence-corrected chi connectivity index (χ3v) is 23.1. The van der Waals surface area contributed by atoms with E-state index in [1.165, 1.54) is 106 Å². The number of aliphatic hydroxyl groups is 2. The first-order valence-electron chi connectivity index (χ1n) is 44.5. The van der Waals surface area contributed by atoms with Gasteiger partial charge in [-0.25, -0.2) is 24.2 Å². The number of nitrogens with zero attached hydrogens (tertiary/aromatic N) is 4. The van der Waals surface area contributed by atoms with Crippen molar-refractivity contribution in [2.45, 2.75) is 233 Å². The van der Waals surface area contributed by atoms with Crippen molar-refractivity contribution in [2.75, 3.05) is 97.6 Å². The van der Waals surface area contributed by atoms with E-state index in [0.29, 0.717) is 46.4 Å². The maximum atomic E-state index is 15.1. The number of aryl methyl sites for hydroxylation is 1. The second kappa shape index (κ2) is 46.8. The van der Waals surface area contributed by atoms with E-state index in [-0.39, 0.29) is 191 Å². The molecule has 6 aliphatic heterocycles. The van der Waals surface area contributed by atoms with E-state index in [1.807, 2.05) is 0 Å². The molecule has 4 saturated heterocycles. The van der Waals surface area contributed by atoms with Crippen molar-refractivity contribution in [3.8, 4) is 34.5 Å². The van der Waals surface area contributed by atoms with E-state index in [9.17, 15) is 58.2 Å². The summed E-state index contributed by atoms with van der Waals surface area (Å²) in [6.45, 7) is 24.7. The van der Waals surface area contributed by atoms with Crippen LogP contribution in [0.25, 0.3) is 0 Å². The highest BCUT2D eigenvalue weighted by Crippen LogP contribution is 2.46. The van der Waals surface area contributed by atoms with Crippen LogP contribution in [0, 0.1) is 18.8 Å². The first kappa shape index (κ1) is 103. The molecule has 5 aromatic rings. The Morgan fingerprint density at radius 1 is 0.481 bits per heavy atom. The summed E-state index contributed by atoms with van der Waals surface area (Å²) in [5.74, 6) is -7.28. The molecule has 0 aliphatic carbocycles. The van der Waals surface area contributed by atoms with Gasteiger partial charge in [0.25, 0.3) is 11.8 Å². The number of benzene rings is 5. The van der Waals surface area contributed by atoms with Crippen molar-refractivity contribution >= 4 is 82.8 Å². The molecule has 0 aromatic heterocycles. The quantitative estimate of drug-likeness (QED) is 0.0121. The number of hydrogen-bond acceptors (Lipinski definition) is 34. The highest BCUT2D eigenvalue weighted by molar-refractivity contribution is 6.07. The van der Waals surface area contributed by atoms with Crippen molar-refractivity contribution in [1.29, 1.82) is 0 Å². The third-order valence-electron chi connectivity index (χ3n) is 23.1. The summed E-state index contributed by atoms with van der Waals surface area (Å²) in [5.41, 5.74) is 2.14. The summed E-state index contributed by atoms with van der Waals surface area (Å²) in [6, 6.07) is 17.6. The summed E-state index contributed by atoms with van der Waals surface area (Å²) in [5, 5.41) is 25.0. The molecule has 38 heteroatoms. The van der Waals surface area contributed by atoms with Crippen LogP contribution in [0.3, 0.4) is 0 Å². The minimum absolute atomic E-state index is 0.00180. The van der Waals surface area contributed by atoms with Crippen molar-refractivity contribution in [1.82, 2.24) is 9.80 Å². The number of carbonyl (C=O) groups is 12. The second-order valence-corrected chi connectivity index (χ2v) is 34.7. The fraction of sp³-hybridized carbons (Fsp3) is 0.526. The molecule has 4 amide bonds. The van der Waals surface area contributed by atoms with Gasteiger partial charge in [-0.3, -0.25) is 43.2 Å². The lowest BCUT2D eigenvalue weighted by Crippen LogP contribution is -2.60. The van der Waals surface area contributed by atoms with Crippen molar-refractivity contribution < 1.29 is 162 Å². The number of amides is 4. The molecule has 0 saturated carbocycles. The minimum atomic E-state index is -1.76. The van der Waals surface area contributed by atoms with Crippen LogP contribution in [0.5, 0.6) is 34.5 Å². The fourth-order valence-corrected chi connectivity index (χ4v) is 16.6. The maximum absolute atomic E-state index is 15.1. The Kier molecular flexibility index (Phi) is 35.8. The molecule has 14 atom stereocenters. The van der Waals surface area contributed by atoms with Crippen LogP contribution >= 0.6 is 0 Å². The molecule has 6 aliphatic rings. The van der Waals surface area contributed by atoms with Crippen molar-refractivity contribution in [2.24, 2.45) is 11.8 Å². The second-order valence-electron chi connectivity index (χ2n) is 34.7. The summed E-state index contributed by atoms with van der Waals surface area (Å²) >= 11 is 0. The van der Waals surface area contributed by atoms with Crippen molar-refractivity contribution in [3.05, 3.63) is 153 Å². The summed E-state index contributed by atoms with van der Waals surface area (Å²) in [6.07, 6.45) is -14.5. The molecule has 2 N–H and O–H groups in total. The van der Waals surface area contributed by atoms with Gasteiger partial charge in [-0.2, -0.15) is 0 Å². The van der Waals surface area contributed by atoms with E-state index in [1.54, 1.807) is 66.7 Å². The number of ether oxygens (including phenoxy) is 20. The molecule has 0 spiro atoms. The summed E-state index contributed by atoms with van der Waals surface area (Å²) < 4.78 is 118.